The summed E-state index contributed by atoms with van der Waals surface area (Å²) in [5.41, 5.74) is 1.10. The van der Waals surface area contributed by atoms with E-state index in [1.54, 1.807) is 7.11 Å². The molecule has 0 amide bonds. The van der Waals surface area contributed by atoms with Gasteiger partial charge in [0.05, 0.1) is 7.11 Å². The van der Waals surface area contributed by atoms with Crippen molar-refractivity contribution in [2.24, 2.45) is 0 Å². The lowest BCUT2D eigenvalue weighted by molar-refractivity contribution is 0.269. The molecule has 1 aliphatic rings. The van der Waals surface area contributed by atoms with Crippen molar-refractivity contribution in [3.63, 3.8) is 0 Å². The topological polar surface area (TPSA) is 59.1 Å². The molecule has 112 valence electrons. The maximum absolute atomic E-state index is 4.97. The van der Waals surface area contributed by atoms with Crippen LogP contribution in [0.2, 0.25) is 0 Å². The molecule has 2 unspecified atom stereocenters. The van der Waals surface area contributed by atoms with Gasteiger partial charge in [0.2, 0.25) is 0 Å². The fourth-order valence-electron chi connectivity index (χ4n) is 2.79. The Hall–Kier alpha value is -1.20. The Bertz CT molecular complexity index is 393. The van der Waals surface area contributed by atoms with Gasteiger partial charge >= 0.3 is 6.01 Å². The zero-order chi connectivity index (χ0) is 14.4. The molecule has 5 nitrogen and oxygen atoms in total. The van der Waals surface area contributed by atoms with E-state index in [1.807, 2.05) is 12.4 Å². The average Bonchev–Trinajstić information content (AvgIpc) is 2.46. The number of methoxy groups -OCH3 is 1. The maximum Gasteiger partial charge on any atom is 0.316 e. The minimum Gasteiger partial charge on any atom is -0.467 e. The lowest BCUT2D eigenvalue weighted by atomic mass is 9.89. The normalized spacial score (nSPS) is 23.0. The molecule has 0 spiro atoms. The first-order chi connectivity index (χ1) is 9.69. The zero-order valence-corrected chi connectivity index (χ0v) is 12.7. The van der Waals surface area contributed by atoms with Gasteiger partial charge in [-0.2, -0.15) is 0 Å². The van der Waals surface area contributed by atoms with Crippen LogP contribution in [-0.2, 0) is 6.54 Å². The summed E-state index contributed by atoms with van der Waals surface area (Å²) < 4.78 is 4.97. The second kappa shape index (κ2) is 7.55. The molecule has 0 aromatic carbocycles. The number of hydrogen-bond donors (Lipinski definition) is 2. The van der Waals surface area contributed by atoms with Crippen molar-refractivity contribution in [3.05, 3.63) is 18.0 Å². The standard InChI is InChI=1S/C15H26N4O/c1-11(2)19-14-7-5-4-6-13(14)16-8-12-9-17-15(20-3)18-10-12/h9-11,13-14,16,19H,4-8H2,1-3H3. The Morgan fingerprint density at radius 1 is 1.20 bits per heavy atom. The lowest BCUT2D eigenvalue weighted by Gasteiger charge is -2.34. The number of rotatable bonds is 6. The Morgan fingerprint density at radius 2 is 1.85 bits per heavy atom. The van der Waals surface area contributed by atoms with Crippen LogP contribution in [-0.4, -0.2) is 35.2 Å². The van der Waals surface area contributed by atoms with Gasteiger partial charge in [-0.15, -0.1) is 0 Å². The number of hydrogen-bond acceptors (Lipinski definition) is 5. The van der Waals surface area contributed by atoms with E-state index < -0.39 is 0 Å². The first-order valence-electron chi connectivity index (χ1n) is 7.53. The third kappa shape index (κ3) is 4.42. The molecule has 1 heterocycles. The van der Waals surface area contributed by atoms with Gasteiger partial charge in [0.25, 0.3) is 0 Å². The van der Waals surface area contributed by atoms with Crippen LogP contribution in [0.1, 0.15) is 45.1 Å². The fourth-order valence-corrected chi connectivity index (χ4v) is 2.79. The molecule has 0 aliphatic heterocycles. The number of nitrogens with zero attached hydrogens (tertiary/aromatic N) is 2. The molecule has 2 N–H and O–H groups in total. The Labute approximate surface area is 121 Å². The van der Waals surface area contributed by atoms with Crippen LogP contribution in [0.4, 0.5) is 0 Å². The molecule has 1 aromatic heterocycles. The van der Waals surface area contributed by atoms with E-state index in [0.29, 0.717) is 24.1 Å². The van der Waals surface area contributed by atoms with Gasteiger partial charge in [0.1, 0.15) is 0 Å². The molecule has 1 aliphatic carbocycles. The van der Waals surface area contributed by atoms with E-state index in [0.717, 1.165) is 12.1 Å². The molecule has 0 radical (unpaired) electrons. The van der Waals surface area contributed by atoms with E-state index >= 15 is 0 Å². The second-order valence-electron chi connectivity index (χ2n) is 5.78. The van der Waals surface area contributed by atoms with Gasteiger partial charge in [-0.25, -0.2) is 9.97 Å². The molecular weight excluding hydrogens is 252 g/mol. The van der Waals surface area contributed by atoms with Crippen molar-refractivity contribution in [2.45, 2.75) is 64.2 Å². The molecule has 1 saturated carbocycles. The van der Waals surface area contributed by atoms with E-state index in [1.165, 1.54) is 25.7 Å². The van der Waals surface area contributed by atoms with Crippen LogP contribution >= 0.6 is 0 Å². The summed E-state index contributed by atoms with van der Waals surface area (Å²) in [4.78, 5) is 8.28. The van der Waals surface area contributed by atoms with Crippen molar-refractivity contribution < 1.29 is 4.74 Å². The van der Waals surface area contributed by atoms with Gasteiger partial charge in [0, 0.05) is 42.6 Å². The number of aromatic nitrogens is 2. The summed E-state index contributed by atoms with van der Waals surface area (Å²) in [6.07, 6.45) is 8.79. The Balaban J connectivity index is 1.86. The smallest absolute Gasteiger partial charge is 0.316 e. The molecule has 20 heavy (non-hydrogen) atoms. The predicted molar refractivity (Wildman–Crippen MR) is 79.7 cm³/mol. The molecule has 2 atom stereocenters. The third-order valence-corrected chi connectivity index (χ3v) is 3.75. The summed E-state index contributed by atoms with van der Waals surface area (Å²) in [6, 6.07) is 2.06. The van der Waals surface area contributed by atoms with Crippen LogP contribution in [0.25, 0.3) is 0 Å². The van der Waals surface area contributed by atoms with Crippen molar-refractivity contribution >= 4 is 0 Å². The van der Waals surface area contributed by atoms with Gasteiger partial charge in [-0.3, -0.25) is 0 Å². The number of ether oxygens (including phenoxy) is 1. The van der Waals surface area contributed by atoms with E-state index in [9.17, 15) is 0 Å². The van der Waals surface area contributed by atoms with E-state index in [-0.39, 0.29) is 0 Å². The molecule has 2 rings (SSSR count). The van der Waals surface area contributed by atoms with Crippen LogP contribution in [0.5, 0.6) is 6.01 Å². The Kier molecular flexibility index (Phi) is 5.73. The van der Waals surface area contributed by atoms with Crippen molar-refractivity contribution in [1.82, 2.24) is 20.6 Å². The van der Waals surface area contributed by atoms with Gasteiger partial charge < -0.3 is 15.4 Å². The minimum absolute atomic E-state index is 0.422. The average molecular weight is 278 g/mol. The zero-order valence-electron chi connectivity index (χ0n) is 12.7. The molecule has 1 aromatic rings. The first kappa shape index (κ1) is 15.2. The largest absolute Gasteiger partial charge is 0.467 e. The fraction of sp³-hybridized carbons (Fsp3) is 0.733. The van der Waals surface area contributed by atoms with Crippen LogP contribution in [0.3, 0.4) is 0 Å². The Morgan fingerprint density at radius 3 is 2.45 bits per heavy atom. The molecule has 1 fully saturated rings. The summed E-state index contributed by atoms with van der Waals surface area (Å²) in [5.74, 6) is 0. The molecule has 5 heteroatoms. The molecule has 0 saturated heterocycles. The quantitative estimate of drug-likeness (QED) is 0.832. The lowest BCUT2D eigenvalue weighted by Crippen LogP contribution is -2.51. The van der Waals surface area contributed by atoms with Crippen molar-refractivity contribution in [1.29, 1.82) is 0 Å². The van der Waals surface area contributed by atoms with E-state index in [2.05, 4.69) is 34.4 Å². The summed E-state index contributed by atoms with van der Waals surface area (Å²) in [7, 11) is 1.58. The maximum atomic E-state index is 4.97. The van der Waals surface area contributed by atoms with Crippen LogP contribution in [0, 0.1) is 0 Å². The van der Waals surface area contributed by atoms with Crippen LogP contribution < -0.4 is 15.4 Å². The summed E-state index contributed by atoms with van der Waals surface area (Å²) in [6.45, 7) is 5.23. The summed E-state index contributed by atoms with van der Waals surface area (Å²) >= 11 is 0. The van der Waals surface area contributed by atoms with Gasteiger partial charge in [0.15, 0.2) is 0 Å². The highest BCUT2D eigenvalue weighted by Crippen LogP contribution is 2.19. The van der Waals surface area contributed by atoms with E-state index in [4.69, 9.17) is 4.74 Å². The monoisotopic (exact) mass is 278 g/mol. The highest BCUT2D eigenvalue weighted by molar-refractivity contribution is 5.07. The SMILES string of the molecule is COc1ncc(CNC2CCCCC2NC(C)C)cn1. The highest BCUT2D eigenvalue weighted by atomic mass is 16.5. The predicted octanol–water partition coefficient (Wildman–Crippen LogP) is 1.88. The summed E-state index contributed by atoms with van der Waals surface area (Å²) in [5, 5.41) is 7.32. The molecular formula is C15H26N4O. The van der Waals surface area contributed by atoms with Gasteiger partial charge in [-0.1, -0.05) is 26.7 Å². The minimum atomic E-state index is 0.422. The third-order valence-electron chi connectivity index (χ3n) is 3.75. The number of nitrogens with one attached hydrogen (secondary N) is 2. The van der Waals surface area contributed by atoms with Crippen molar-refractivity contribution in [3.8, 4) is 6.01 Å². The van der Waals surface area contributed by atoms with Crippen LogP contribution in [0.15, 0.2) is 12.4 Å². The van der Waals surface area contributed by atoms with Gasteiger partial charge in [-0.05, 0) is 12.8 Å². The molecule has 0 bridgehead atoms. The first-order valence-corrected chi connectivity index (χ1v) is 7.53. The van der Waals surface area contributed by atoms with Crippen molar-refractivity contribution in [2.75, 3.05) is 7.11 Å². The second-order valence-corrected chi connectivity index (χ2v) is 5.78. The highest BCUT2D eigenvalue weighted by Gasteiger charge is 2.24.